The van der Waals surface area contributed by atoms with E-state index in [0.29, 0.717) is 11.6 Å². The van der Waals surface area contributed by atoms with E-state index in [1.54, 1.807) is 16.8 Å². The van der Waals surface area contributed by atoms with Crippen molar-refractivity contribution in [1.82, 2.24) is 4.57 Å². The second kappa shape index (κ2) is 3.48. The van der Waals surface area contributed by atoms with Crippen LogP contribution in [-0.2, 0) is 6.54 Å². The van der Waals surface area contributed by atoms with Gasteiger partial charge < -0.3 is 10.3 Å². The number of rotatable bonds is 2. The maximum atomic E-state index is 11.6. The lowest BCUT2D eigenvalue weighted by molar-refractivity contribution is 0.274. The lowest BCUT2D eigenvalue weighted by Crippen LogP contribution is -2.27. The summed E-state index contributed by atoms with van der Waals surface area (Å²) in [5, 5.41) is 0. The van der Waals surface area contributed by atoms with E-state index in [1.807, 2.05) is 6.92 Å². The molecule has 3 heteroatoms. The van der Waals surface area contributed by atoms with E-state index in [2.05, 4.69) is 0 Å². The van der Waals surface area contributed by atoms with Crippen molar-refractivity contribution >= 4 is 5.69 Å². The third-order valence-corrected chi connectivity index (χ3v) is 3.05. The van der Waals surface area contributed by atoms with Crippen LogP contribution >= 0.6 is 0 Å². The number of pyridine rings is 1. The van der Waals surface area contributed by atoms with Gasteiger partial charge in [-0.1, -0.05) is 6.42 Å². The number of hydrogen-bond donors (Lipinski definition) is 1. The molecule has 2 N–H and O–H groups in total. The highest BCUT2D eigenvalue weighted by Crippen LogP contribution is 2.27. The van der Waals surface area contributed by atoms with E-state index in [-0.39, 0.29) is 5.56 Å². The molecule has 0 unspecified atom stereocenters. The lowest BCUT2D eigenvalue weighted by Gasteiger charge is -2.26. The van der Waals surface area contributed by atoms with E-state index in [4.69, 9.17) is 5.73 Å². The second-order valence-electron chi connectivity index (χ2n) is 4.20. The van der Waals surface area contributed by atoms with Crippen molar-refractivity contribution in [3.63, 3.8) is 0 Å². The molecule has 0 spiro atoms. The van der Waals surface area contributed by atoms with Crippen molar-refractivity contribution in [3.8, 4) is 0 Å². The van der Waals surface area contributed by atoms with Gasteiger partial charge in [0.15, 0.2) is 0 Å². The van der Waals surface area contributed by atoms with Gasteiger partial charge in [-0.05, 0) is 31.2 Å². The van der Waals surface area contributed by atoms with Gasteiger partial charge in [-0.3, -0.25) is 4.79 Å². The Morgan fingerprint density at radius 2 is 2.29 bits per heavy atom. The summed E-state index contributed by atoms with van der Waals surface area (Å²) in [5.74, 6) is 0.690. The molecule has 0 aromatic carbocycles. The second-order valence-corrected chi connectivity index (χ2v) is 4.20. The molecule has 14 heavy (non-hydrogen) atoms. The van der Waals surface area contributed by atoms with Crippen molar-refractivity contribution in [1.29, 1.82) is 0 Å². The van der Waals surface area contributed by atoms with Crippen LogP contribution in [-0.4, -0.2) is 4.57 Å². The van der Waals surface area contributed by atoms with E-state index in [0.717, 1.165) is 12.1 Å². The molecule has 0 saturated heterocycles. The van der Waals surface area contributed by atoms with Crippen LogP contribution in [0.5, 0.6) is 0 Å². The largest absolute Gasteiger partial charge is 0.397 e. The van der Waals surface area contributed by atoms with Gasteiger partial charge in [-0.25, -0.2) is 0 Å². The lowest BCUT2D eigenvalue weighted by atomic mass is 9.85. The molecule has 0 radical (unpaired) electrons. The van der Waals surface area contributed by atoms with Gasteiger partial charge in [0.2, 0.25) is 0 Å². The fourth-order valence-electron chi connectivity index (χ4n) is 1.78. The standard InChI is InChI=1S/C11H16N2O/c1-8-5-11(14)13(7-10(8)12)6-9-3-2-4-9/h5,7,9H,2-4,6,12H2,1H3. The highest BCUT2D eigenvalue weighted by Gasteiger charge is 2.18. The summed E-state index contributed by atoms with van der Waals surface area (Å²) in [6.07, 6.45) is 5.58. The summed E-state index contributed by atoms with van der Waals surface area (Å²) in [5.41, 5.74) is 7.42. The molecule has 2 rings (SSSR count). The van der Waals surface area contributed by atoms with Gasteiger partial charge in [-0.2, -0.15) is 0 Å². The summed E-state index contributed by atoms with van der Waals surface area (Å²) in [6, 6.07) is 1.62. The molecule has 76 valence electrons. The molecule has 3 nitrogen and oxygen atoms in total. The topological polar surface area (TPSA) is 48.0 Å². The zero-order chi connectivity index (χ0) is 10.1. The van der Waals surface area contributed by atoms with Crippen molar-refractivity contribution in [2.75, 3.05) is 5.73 Å². The van der Waals surface area contributed by atoms with Crippen molar-refractivity contribution in [3.05, 3.63) is 28.2 Å². The predicted molar refractivity (Wildman–Crippen MR) is 57.2 cm³/mol. The van der Waals surface area contributed by atoms with E-state index in [9.17, 15) is 4.79 Å². The molecule has 0 amide bonds. The Morgan fingerprint density at radius 1 is 1.57 bits per heavy atom. The highest BCUT2D eigenvalue weighted by atomic mass is 16.1. The van der Waals surface area contributed by atoms with Crippen LogP contribution in [0.15, 0.2) is 17.1 Å². The summed E-state index contributed by atoms with van der Waals surface area (Å²) >= 11 is 0. The third kappa shape index (κ3) is 1.67. The van der Waals surface area contributed by atoms with Crippen molar-refractivity contribution in [2.45, 2.75) is 32.7 Å². The van der Waals surface area contributed by atoms with Gasteiger partial charge >= 0.3 is 0 Å². The number of nitrogens with two attached hydrogens (primary N) is 1. The molecule has 0 atom stereocenters. The van der Waals surface area contributed by atoms with Gasteiger partial charge in [0, 0.05) is 18.8 Å². The van der Waals surface area contributed by atoms with Gasteiger partial charge in [0.25, 0.3) is 5.56 Å². The molecule has 0 aliphatic heterocycles. The van der Waals surface area contributed by atoms with Crippen LogP contribution in [0.25, 0.3) is 0 Å². The Bertz CT molecular complexity index is 391. The molecule has 1 aliphatic rings. The molecule has 1 aromatic rings. The average Bonchev–Trinajstić information content (AvgIpc) is 2.06. The fraction of sp³-hybridized carbons (Fsp3) is 0.545. The van der Waals surface area contributed by atoms with Gasteiger partial charge in [0.05, 0.1) is 5.69 Å². The summed E-state index contributed by atoms with van der Waals surface area (Å²) < 4.78 is 1.74. The predicted octanol–water partition coefficient (Wildman–Crippen LogP) is 1.54. The maximum Gasteiger partial charge on any atom is 0.250 e. The first-order valence-electron chi connectivity index (χ1n) is 5.13. The third-order valence-electron chi connectivity index (χ3n) is 3.05. The quantitative estimate of drug-likeness (QED) is 0.772. The zero-order valence-electron chi connectivity index (χ0n) is 8.49. The first-order valence-corrected chi connectivity index (χ1v) is 5.13. The first-order chi connectivity index (χ1) is 6.66. The fourth-order valence-corrected chi connectivity index (χ4v) is 1.78. The van der Waals surface area contributed by atoms with Crippen LogP contribution < -0.4 is 11.3 Å². The molecule has 1 fully saturated rings. The zero-order valence-corrected chi connectivity index (χ0v) is 8.49. The molecular weight excluding hydrogens is 176 g/mol. The Morgan fingerprint density at radius 3 is 2.86 bits per heavy atom. The maximum absolute atomic E-state index is 11.6. The Balaban J connectivity index is 2.24. The molecule has 1 heterocycles. The Kier molecular flexibility index (Phi) is 2.32. The van der Waals surface area contributed by atoms with Crippen molar-refractivity contribution in [2.24, 2.45) is 5.92 Å². The Labute approximate surface area is 83.5 Å². The van der Waals surface area contributed by atoms with Crippen LogP contribution in [0.1, 0.15) is 24.8 Å². The molecule has 0 bridgehead atoms. The van der Waals surface area contributed by atoms with Crippen molar-refractivity contribution < 1.29 is 0 Å². The van der Waals surface area contributed by atoms with Gasteiger partial charge in [0.1, 0.15) is 0 Å². The van der Waals surface area contributed by atoms with E-state index >= 15 is 0 Å². The number of hydrogen-bond acceptors (Lipinski definition) is 2. The minimum atomic E-state index is 0.0728. The van der Waals surface area contributed by atoms with Crippen LogP contribution in [0.2, 0.25) is 0 Å². The number of aryl methyl sites for hydroxylation is 1. The molecule has 1 aliphatic carbocycles. The van der Waals surface area contributed by atoms with Gasteiger partial charge in [-0.15, -0.1) is 0 Å². The van der Waals surface area contributed by atoms with Crippen LogP contribution in [0.3, 0.4) is 0 Å². The highest BCUT2D eigenvalue weighted by molar-refractivity contribution is 5.42. The first kappa shape index (κ1) is 9.31. The molecular formula is C11H16N2O. The normalized spacial score (nSPS) is 16.6. The smallest absolute Gasteiger partial charge is 0.250 e. The average molecular weight is 192 g/mol. The van der Waals surface area contributed by atoms with Crippen LogP contribution in [0.4, 0.5) is 5.69 Å². The minimum absolute atomic E-state index is 0.0728. The number of nitrogens with zero attached hydrogens (tertiary/aromatic N) is 1. The van der Waals surface area contributed by atoms with E-state index < -0.39 is 0 Å². The number of aromatic nitrogens is 1. The monoisotopic (exact) mass is 192 g/mol. The summed E-state index contributed by atoms with van der Waals surface area (Å²) in [4.78, 5) is 11.6. The summed E-state index contributed by atoms with van der Waals surface area (Å²) in [7, 11) is 0. The van der Waals surface area contributed by atoms with E-state index in [1.165, 1.54) is 19.3 Å². The molecule has 1 saturated carbocycles. The Hall–Kier alpha value is -1.25. The minimum Gasteiger partial charge on any atom is -0.397 e. The molecule has 1 aromatic heterocycles. The SMILES string of the molecule is Cc1cc(=O)n(CC2CCC2)cc1N. The number of anilines is 1. The summed E-state index contributed by atoms with van der Waals surface area (Å²) in [6.45, 7) is 2.70. The van der Waals surface area contributed by atoms with Crippen LogP contribution in [0, 0.1) is 12.8 Å². The number of nitrogen functional groups attached to an aromatic ring is 1.